The maximum atomic E-state index is 3.74. The third-order valence-corrected chi connectivity index (χ3v) is 5.06. The first-order valence-electron chi connectivity index (χ1n) is 9.34. The summed E-state index contributed by atoms with van der Waals surface area (Å²) in [4.78, 5) is 6.89. The van der Waals surface area contributed by atoms with E-state index in [1.54, 1.807) is 0 Å². The van der Waals surface area contributed by atoms with E-state index in [-0.39, 0.29) is 0 Å². The summed E-state index contributed by atoms with van der Waals surface area (Å²) in [6.45, 7) is 7.73. The molecule has 0 amide bonds. The molecule has 1 rings (SSSR count). The zero-order chi connectivity index (χ0) is 18.4. The summed E-state index contributed by atoms with van der Waals surface area (Å²) in [7, 11) is 12.9. The van der Waals surface area contributed by atoms with Crippen LogP contribution < -0.4 is 11.0 Å². The van der Waals surface area contributed by atoms with Gasteiger partial charge in [0.05, 0.1) is 18.4 Å². The SMILES string of the molecule is CCC(C1CN(C(CC)N(C)C)NN(C(CC)N(C)C)N1)N(C)C. The Morgan fingerprint density at radius 3 is 1.75 bits per heavy atom. The first-order chi connectivity index (χ1) is 11.3. The molecule has 0 aromatic rings. The Morgan fingerprint density at radius 1 is 0.833 bits per heavy atom. The molecule has 0 aromatic carbocycles. The van der Waals surface area contributed by atoms with Gasteiger partial charge in [-0.1, -0.05) is 20.8 Å². The predicted molar refractivity (Wildman–Crippen MR) is 102 cm³/mol. The van der Waals surface area contributed by atoms with Crippen molar-refractivity contribution in [2.24, 2.45) is 0 Å². The van der Waals surface area contributed by atoms with Crippen LogP contribution in [0.3, 0.4) is 0 Å². The summed E-state index contributed by atoms with van der Waals surface area (Å²) in [6, 6.07) is 0.880. The van der Waals surface area contributed by atoms with Gasteiger partial charge in [0.15, 0.2) is 0 Å². The van der Waals surface area contributed by atoms with Crippen LogP contribution in [0.4, 0.5) is 0 Å². The number of rotatable bonds is 9. The van der Waals surface area contributed by atoms with Crippen LogP contribution in [0.15, 0.2) is 0 Å². The quantitative estimate of drug-likeness (QED) is 0.643. The van der Waals surface area contributed by atoms with Gasteiger partial charge in [-0.05, 0) is 61.5 Å². The van der Waals surface area contributed by atoms with Crippen molar-refractivity contribution < 1.29 is 0 Å². The molecule has 0 aromatic heterocycles. The van der Waals surface area contributed by atoms with Crippen molar-refractivity contribution in [1.29, 1.82) is 0 Å². The van der Waals surface area contributed by atoms with Crippen molar-refractivity contribution in [3.05, 3.63) is 0 Å². The number of hydrazine groups is 3. The minimum absolute atomic E-state index is 0.301. The molecule has 1 fully saturated rings. The number of hydrogen-bond donors (Lipinski definition) is 2. The van der Waals surface area contributed by atoms with Gasteiger partial charge in [0, 0.05) is 12.6 Å². The van der Waals surface area contributed by atoms with Gasteiger partial charge < -0.3 is 4.90 Å². The molecule has 7 heteroatoms. The lowest BCUT2D eigenvalue weighted by Gasteiger charge is -2.51. The second kappa shape index (κ2) is 10.0. The van der Waals surface area contributed by atoms with E-state index in [2.05, 4.69) is 98.8 Å². The molecule has 1 aliphatic heterocycles. The normalized spacial score (nSPS) is 24.8. The lowest BCUT2D eigenvalue weighted by atomic mass is 10.0. The highest BCUT2D eigenvalue weighted by Gasteiger charge is 2.36. The van der Waals surface area contributed by atoms with Crippen molar-refractivity contribution in [2.45, 2.75) is 64.4 Å². The van der Waals surface area contributed by atoms with E-state index >= 15 is 0 Å². The van der Waals surface area contributed by atoms with Crippen LogP contribution in [0, 0.1) is 0 Å². The van der Waals surface area contributed by atoms with Crippen LogP contribution in [0.1, 0.15) is 40.0 Å². The molecule has 0 aliphatic carbocycles. The van der Waals surface area contributed by atoms with Gasteiger partial charge in [-0.2, -0.15) is 5.53 Å². The number of hydrogen-bond acceptors (Lipinski definition) is 7. The van der Waals surface area contributed by atoms with Crippen molar-refractivity contribution in [1.82, 2.24) is 35.8 Å². The zero-order valence-electron chi connectivity index (χ0n) is 17.4. The molecule has 0 saturated carbocycles. The second-order valence-electron chi connectivity index (χ2n) is 7.50. The number of nitrogens with zero attached hydrogens (tertiary/aromatic N) is 5. The largest absolute Gasteiger partial charge is 0.305 e. The molecular formula is C17H41N7. The maximum absolute atomic E-state index is 3.74. The summed E-state index contributed by atoms with van der Waals surface area (Å²) >= 11 is 0. The van der Waals surface area contributed by atoms with Gasteiger partial charge in [-0.15, -0.1) is 5.12 Å². The molecule has 0 radical (unpaired) electrons. The molecule has 1 heterocycles. The zero-order valence-corrected chi connectivity index (χ0v) is 17.4. The third-order valence-electron chi connectivity index (χ3n) is 5.06. The molecule has 24 heavy (non-hydrogen) atoms. The lowest BCUT2D eigenvalue weighted by molar-refractivity contribution is -0.172. The van der Waals surface area contributed by atoms with E-state index in [4.69, 9.17) is 0 Å². The van der Waals surface area contributed by atoms with Crippen molar-refractivity contribution >= 4 is 0 Å². The highest BCUT2D eigenvalue weighted by molar-refractivity contribution is 4.87. The van der Waals surface area contributed by atoms with Crippen LogP contribution in [0.2, 0.25) is 0 Å². The molecule has 4 atom stereocenters. The summed E-state index contributed by atoms with van der Waals surface area (Å²) in [5.41, 5.74) is 7.36. The molecule has 1 saturated heterocycles. The standard InChI is InChI=1S/C17H41N7/c1-10-15(20(4)5)14-13-23(16(11-2)21(6)7)19-24(18-14)17(12-3)22(8)9/h14-19H,10-13H2,1-9H3. The van der Waals surface area contributed by atoms with Crippen molar-refractivity contribution in [3.8, 4) is 0 Å². The number of nitrogens with one attached hydrogen (secondary N) is 2. The maximum Gasteiger partial charge on any atom is 0.0922 e. The average Bonchev–Trinajstić information content (AvgIpc) is 2.48. The van der Waals surface area contributed by atoms with Gasteiger partial charge in [-0.3, -0.25) is 9.80 Å². The van der Waals surface area contributed by atoms with Crippen LogP contribution in [0.25, 0.3) is 0 Å². The van der Waals surface area contributed by atoms with Gasteiger partial charge in [0.1, 0.15) is 0 Å². The fourth-order valence-corrected chi connectivity index (χ4v) is 3.84. The first kappa shape index (κ1) is 21.8. The van der Waals surface area contributed by atoms with E-state index < -0.39 is 0 Å². The second-order valence-corrected chi connectivity index (χ2v) is 7.50. The average molecular weight is 344 g/mol. The van der Waals surface area contributed by atoms with Gasteiger partial charge in [0.25, 0.3) is 0 Å². The lowest BCUT2D eigenvalue weighted by Crippen LogP contribution is -2.76. The summed E-state index contributed by atoms with van der Waals surface area (Å²) in [6.07, 6.45) is 3.93. The highest BCUT2D eigenvalue weighted by atomic mass is 15.9. The minimum Gasteiger partial charge on any atom is -0.305 e. The third kappa shape index (κ3) is 5.36. The van der Waals surface area contributed by atoms with Crippen molar-refractivity contribution in [3.63, 3.8) is 0 Å². The molecule has 144 valence electrons. The molecule has 0 bridgehead atoms. The van der Waals surface area contributed by atoms with Crippen LogP contribution in [-0.2, 0) is 0 Å². The van der Waals surface area contributed by atoms with Crippen LogP contribution >= 0.6 is 0 Å². The Kier molecular flexibility index (Phi) is 9.08. The fourth-order valence-electron chi connectivity index (χ4n) is 3.84. The molecule has 0 spiro atoms. The summed E-state index contributed by atoms with van der Waals surface area (Å²) < 4.78 is 0. The summed E-state index contributed by atoms with van der Waals surface area (Å²) in [5.74, 6) is 0. The Balaban J connectivity index is 3.05. The van der Waals surface area contributed by atoms with E-state index in [9.17, 15) is 0 Å². The van der Waals surface area contributed by atoms with Gasteiger partial charge >= 0.3 is 0 Å². The smallest absolute Gasteiger partial charge is 0.0922 e. The van der Waals surface area contributed by atoms with Crippen LogP contribution in [-0.4, -0.2) is 98.1 Å². The fraction of sp³-hybridized carbons (Fsp3) is 1.00. The van der Waals surface area contributed by atoms with Gasteiger partial charge in [0.2, 0.25) is 0 Å². The molecule has 1 aliphatic rings. The molecule has 7 nitrogen and oxygen atoms in total. The van der Waals surface area contributed by atoms with E-state index in [0.717, 1.165) is 25.8 Å². The van der Waals surface area contributed by atoms with Gasteiger partial charge in [-0.25, -0.2) is 10.4 Å². The van der Waals surface area contributed by atoms with E-state index in [1.807, 2.05) is 0 Å². The topological polar surface area (TPSA) is 40.3 Å². The molecule has 4 unspecified atom stereocenters. The molecule has 2 N–H and O–H groups in total. The highest BCUT2D eigenvalue weighted by Crippen LogP contribution is 2.17. The van der Waals surface area contributed by atoms with Crippen LogP contribution in [0.5, 0.6) is 0 Å². The van der Waals surface area contributed by atoms with E-state index in [1.165, 1.54) is 0 Å². The predicted octanol–water partition coefficient (Wildman–Crippen LogP) is 0.832. The molecular weight excluding hydrogens is 302 g/mol. The monoisotopic (exact) mass is 343 g/mol. The first-order valence-corrected chi connectivity index (χ1v) is 9.34. The number of likely N-dealkylation sites (N-methyl/N-ethyl adjacent to an activating group) is 1. The Bertz CT molecular complexity index is 290. The van der Waals surface area contributed by atoms with E-state index in [0.29, 0.717) is 24.4 Å². The Labute approximate surface area is 149 Å². The minimum atomic E-state index is 0.301. The van der Waals surface area contributed by atoms with Crippen molar-refractivity contribution in [2.75, 3.05) is 48.8 Å². The Hall–Kier alpha value is -0.280. The summed E-state index contributed by atoms with van der Waals surface area (Å²) in [5, 5.41) is 4.59. The Morgan fingerprint density at radius 2 is 1.38 bits per heavy atom.